The Labute approximate surface area is 114 Å². The first-order valence-corrected chi connectivity index (χ1v) is 6.33. The molecule has 0 spiro atoms. The van der Waals surface area contributed by atoms with E-state index in [-0.39, 0.29) is 0 Å². The van der Waals surface area contributed by atoms with Gasteiger partial charge in [0.25, 0.3) is 0 Å². The zero-order chi connectivity index (χ0) is 13.5. The molecule has 0 aromatic heterocycles. The van der Waals surface area contributed by atoms with Gasteiger partial charge >= 0.3 is 0 Å². The van der Waals surface area contributed by atoms with Gasteiger partial charge in [-0.1, -0.05) is 30.3 Å². The van der Waals surface area contributed by atoms with Crippen molar-refractivity contribution in [1.82, 2.24) is 0 Å². The number of rotatable bonds is 6. The third-order valence-corrected chi connectivity index (χ3v) is 2.97. The minimum atomic E-state index is 0.587. The van der Waals surface area contributed by atoms with Gasteiger partial charge in [-0.05, 0) is 35.7 Å². The van der Waals surface area contributed by atoms with Crippen molar-refractivity contribution in [2.75, 3.05) is 19.5 Å². The summed E-state index contributed by atoms with van der Waals surface area (Å²) in [5, 5.41) is 0. The molecule has 0 amide bonds. The molecule has 0 heterocycles. The van der Waals surface area contributed by atoms with Crippen LogP contribution in [0, 0.1) is 0 Å². The van der Waals surface area contributed by atoms with Crippen molar-refractivity contribution in [2.45, 2.75) is 13.0 Å². The van der Waals surface area contributed by atoms with Crippen molar-refractivity contribution in [3.8, 4) is 5.75 Å². The van der Waals surface area contributed by atoms with E-state index in [4.69, 9.17) is 15.2 Å². The Bertz CT molecular complexity index is 526. The van der Waals surface area contributed by atoms with Crippen molar-refractivity contribution in [2.24, 2.45) is 0 Å². The minimum Gasteiger partial charge on any atom is -0.497 e. The number of hydrogen-bond donors (Lipinski definition) is 1. The quantitative estimate of drug-likeness (QED) is 0.639. The highest BCUT2D eigenvalue weighted by Gasteiger charge is 1.99. The van der Waals surface area contributed by atoms with Crippen LogP contribution >= 0.6 is 0 Å². The monoisotopic (exact) mass is 257 g/mol. The van der Waals surface area contributed by atoms with Crippen LogP contribution < -0.4 is 10.5 Å². The van der Waals surface area contributed by atoms with E-state index in [1.165, 1.54) is 0 Å². The van der Waals surface area contributed by atoms with Gasteiger partial charge in [0.05, 0.1) is 20.3 Å². The van der Waals surface area contributed by atoms with Crippen LogP contribution in [0.15, 0.2) is 48.5 Å². The van der Waals surface area contributed by atoms with Gasteiger partial charge in [0.2, 0.25) is 0 Å². The summed E-state index contributed by atoms with van der Waals surface area (Å²) in [6, 6.07) is 15.8. The third-order valence-electron chi connectivity index (χ3n) is 2.97. The van der Waals surface area contributed by atoms with E-state index in [9.17, 15) is 0 Å². The maximum Gasteiger partial charge on any atom is 0.119 e. The lowest BCUT2D eigenvalue weighted by Crippen LogP contribution is -2.01. The minimum absolute atomic E-state index is 0.587. The van der Waals surface area contributed by atoms with Gasteiger partial charge in [0.15, 0.2) is 0 Å². The van der Waals surface area contributed by atoms with Gasteiger partial charge in [0.1, 0.15) is 5.75 Å². The Morgan fingerprint density at radius 3 is 2.68 bits per heavy atom. The second-order valence-corrected chi connectivity index (χ2v) is 4.35. The molecule has 0 atom stereocenters. The summed E-state index contributed by atoms with van der Waals surface area (Å²) in [4.78, 5) is 0. The first kappa shape index (κ1) is 13.4. The smallest absolute Gasteiger partial charge is 0.119 e. The van der Waals surface area contributed by atoms with Gasteiger partial charge in [-0.15, -0.1) is 0 Å². The molecule has 0 radical (unpaired) electrons. The average molecular weight is 257 g/mol. The van der Waals surface area contributed by atoms with Crippen LogP contribution in [0.5, 0.6) is 5.75 Å². The van der Waals surface area contributed by atoms with Crippen LogP contribution in [0.3, 0.4) is 0 Å². The second-order valence-electron chi connectivity index (χ2n) is 4.35. The average Bonchev–Trinajstić information content (AvgIpc) is 2.45. The summed E-state index contributed by atoms with van der Waals surface area (Å²) in [6.07, 6.45) is 0.830. The molecule has 100 valence electrons. The molecule has 0 saturated carbocycles. The topological polar surface area (TPSA) is 44.5 Å². The lowest BCUT2D eigenvalue weighted by Gasteiger charge is -2.07. The number of para-hydroxylation sites is 1. The second kappa shape index (κ2) is 6.81. The van der Waals surface area contributed by atoms with E-state index in [1.807, 2.05) is 48.5 Å². The van der Waals surface area contributed by atoms with Crippen molar-refractivity contribution < 1.29 is 9.47 Å². The zero-order valence-corrected chi connectivity index (χ0v) is 11.1. The van der Waals surface area contributed by atoms with Gasteiger partial charge in [-0.2, -0.15) is 0 Å². The Balaban J connectivity index is 1.79. The Morgan fingerprint density at radius 2 is 1.89 bits per heavy atom. The van der Waals surface area contributed by atoms with E-state index in [0.717, 1.165) is 29.0 Å². The normalized spacial score (nSPS) is 10.4. The van der Waals surface area contributed by atoms with Gasteiger partial charge in [-0.25, -0.2) is 0 Å². The first-order chi connectivity index (χ1) is 9.29. The lowest BCUT2D eigenvalue weighted by atomic mass is 10.1. The van der Waals surface area contributed by atoms with Crippen LogP contribution in [0.4, 0.5) is 5.69 Å². The molecule has 2 aromatic rings. The predicted molar refractivity (Wildman–Crippen MR) is 77.2 cm³/mol. The van der Waals surface area contributed by atoms with Crippen LogP contribution in [0.1, 0.15) is 11.1 Å². The third kappa shape index (κ3) is 4.00. The van der Waals surface area contributed by atoms with E-state index in [0.29, 0.717) is 13.2 Å². The van der Waals surface area contributed by atoms with Crippen molar-refractivity contribution in [3.05, 3.63) is 59.7 Å². The van der Waals surface area contributed by atoms with E-state index >= 15 is 0 Å². The maximum atomic E-state index is 5.88. The summed E-state index contributed by atoms with van der Waals surface area (Å²) >= 11 is 0. The molecule has 2 rings (SSSR count). The highest BCUT2D eigenvalue weighted by atomic mass is 16.5. The molecular formula is C16H19NO2. The summed E-state index contributed by atoms with van der Waals surface area (Å²) < 4.78 is 10.8. The molecule has 0 saturated heterocycles. The fourth-order valence-electron chi connectivity index (χ4n) is 1.90. The fraction of sp³-hybridized carbons (Fsp3) is 0.250. The van der Waals surface area contributed by atoms with E-state index < -0.39 is 0 Å². The number of ether oxygens (including phenoxy) is 2. The molecule has 0 aliphatic heterocycles. The Kier molecular flexibility index (Phi) is 4.81. The number of benzene rings is 2. The number of methoxy groups -OCH3 is 1. The zero-order valence-electron chi connectivity index (χ0n) is 11.1. The van der Waals surface area contributed by atoms with E-state index in [2.05, 4.69) is 0 Å². The van der Waals surface area contributed by atoms with E-state index in [1.54, 1.807) is 7.11 Å². The van der Waals surface area contributed by atoms with Crippen LogP contribution in [0.25, 0.3) is 0 Å². The van der Waals surface area contributed by atoms with Crippen molar-refractivity contribution in [1.29, 1.82) is 0 Å². The lowest BCUT2D eigenvalue weighted by molar-refractivity contribution is 0.124. The summed E-state index contributed by atoms with van der Waals surface area (Å²) in [7, 11) is 1.66. The molecule has 19 heavy (non-hydrogen) atoms. The Hall–Kier alpha value is -2.00. The van der Waals surface area contributed by atoms with Crippen LogP contribution in [0.2, 0.25) is 0 Å². The van der Waals surface area contributed by atoms with Gasteiger partial charge < -0.3 is 15.2 Å². The number of nitrogen functional groups attached to an aromatic ring is 1. The molecule has 0 fully saturated rings. The molecule has 0 bridgehead atoms. The highest BCUT2D eigenvalue weighted by Crippen LogP contribution is 2.14. The SMILES string of the molecule is COc1cccc(COCCc2ccccc2N)c1. The molecule has 0 aliphatic carbocycles. The van der Waals surface area contributed by atoms with Gasteiger partial charge in [-0.3, -0.25) is 0 Å². The molecule has 0 aliphatic rings. The molecule has 3 heteroatoms. The molecule has 0 unspecified atom stereocenters. The van der Waals surface area contributed by atoms with Crippen molar-refractivity contribution in [3.63, 3.8) is 0 Å². The Morgan fingerprint density at radius 1 is 1.05 bits per heavy atom. The van der Waals surface area contributed by atoms with Crippen molar-refractivity contribution >= 4 is 5.69 Å². The fourth-order valence-corrected chi connectivity index (χ4v) is 1.90. The van der Waals surface area contributed by atoms with Crippen LogP contribution in [-0.2, 0) is 17.8 Å². The van der Waals surface area contributed by atoms with Crippen LogP contribution in [-0.4, -0.2) is 13.7 Å². The summed E-state index contributed by atoms with van der Waals surface area (Å²) in [5.41, 5.74) is 8.95. The first-order valence-electron chi connectivity index (χ1n) is 6.33. The highest BCUT2D eigenvalue weighted by molar-refractivity contribution is 5.46. The molecule has 2 N–H and O–H groups in total. The summed E-state index contributed by atoms with van der Waals surface area (Å²) in [6.45, 7) is 1.25. The standard InChI is InChI=1S/C16H19NO2/c1-18-15-7-4-5-13(11-15)12-19-10-9-14-6-2-3-8-16(14)17/h2-8,11H,9-10,12,17H2,1H3. The number of hydrogen-bond acceptors (Lipinski definition) is 3. The maximum absolute atomic E-state index is 5.88. The predicted octanol–water partition coefficient (Wildman–Crippen LogP) is 3.04. The van der Waals surface area contributed by atoms with Gasteiger partial charge in [0, 0.05) is 5.69 Å². The largest absolute Gasteiger partial charge is 0.497 e. The molecule has 3 nitrogen and oxygen atoms in total. The number of anilines is 1. The molecule has 2 aromatic carbocycles. The number of nitrogens with two attached hydrogens (primary N) is 1. The molecular weight excluding hydrogens is 238 g/mol. The summed E-state index contributed by atoms with van der Waals surface area (Å²) in [5.74, 6) is 0.855.